The first-order chi connectivity index (χ1) is 10.6. The molecule has 124 valence electrons. The number of carbonyl (C=O) groups excluding carboxylic acids is 1. The molecule has 2 N–H and O–H groups in total. The Bertz CT molecular complexity index is 931. The van der Waals surface area contributed by atoms with Gasteiger partial charge in [-0.15, -0.1) is 0 Å². The number of benzene rings is 1. The van der Waals surface area contributed by atoms with Gasteiger partial charge in [0.1, 0.15) is 5.58 Å². The van der Waals surface area contributed by atoms with Crippen molar-refractivity contribution in [2.45, 2.75) is 26.8 Å². The van der Waals surface area contributed by atoms with Gasteiger partial charge in [0.25, 0.3) is 0 Å². The van der Waals surface area contributed by atoms with Gasteiger partial charge in [-0.2, -0.15) is 0 Å². The van der Waals surface area contributed by atoms with E-state index in [4.69, 9.17) is 4.42 Å². The smallest absolute Gasteiger partial charge is 0.336 e. The Morgan fingerprint density at radius 1 is 1.17 bits per heavy atom. The summed E-state index contributed by atoms with van der Waals surface area (Å²) in [5.74, 6) is -0.479. The number of amides is 1. The molecule has 1 amide bonds. The molecule has 0 radical (unpaired) electrons. The van der Waals surface area contributed by atoms with E-state index in [0.717, 1.165) is 11.8 Å². The molecule has 2 rings (SSSR count). The van der Waals surface area contributed by atoms with Gasteiger partial charge in [-0.3, -0.25) is 4.79 Å². The van der Waals surface area contributed by atoms with E-state index in [-0.39, 0.29) is 0 Å². The minimum atomic E-state index is -3.48. The van der Waals surface area contributed by atoms with E-state index in [9.17, 15) is 18.0 Å². The van der Waals surface area contributed by atoms with Crippen molar-refractivity contribution < 1.29 is 17.6 Å². The van der Waals surface area contributed by atoms with Gasteiger partial charge in [0.05, 0.1) is 12.3 Å². The van der Waals surface area contributed by atoms with Crippen LogP contribution in [0.15, 0.2) is 27.4 Å². The average molecular weight is 338 g/mol. The molecule has 0 fully saturated rings. The van der Waals surface area contributed by atoms with E-state index >= 15 is 0 Å². The molecule has 7 nitrogen and oxygen atoms in total. The molecule has 0 saturated heterocycles. The van der Waals surface area contributed by atoms with Crippen LogP contribution in [-0.2, 0) is 14.8 Å². The minimum Gasteiger partial charge on any atom is -0.423 e. The molecule has 0 unspecified atom stereocenters. The van der Waals surface area contributed by atoms with Crippen molar-refractivity contribution in [1.29, 1.82) is 0 Å². The number of aryl methyl sites for hydroxylation is 2. The first-order valence-corrected chi connectivity index (χ1v) is 8.79. The molecule has 0 aliphatic carbocycles. The van der Waals surface area contributed by atoms with Crippen LogP contribution < -0.4 is 15.7 Å². The molecule has 0 saturated carbocycles. The lowest BCUT2D eigenvalue weighted by Crippen LogP contribution is -2.41. The van der Waals surface area contributed by atoms with Crippen LogP contribution in [0.2, 0.25) is 0 Å². The monoisotopic (exact) mass is 338 g/mol. The van der Waals surface area contributed by atoms with Crippen LogP contribution in [0.5, 0.6) is 0 Å². The van der Waals surface area contributed by atoms with Gasteiger partial charge in [-0.05, 0) is 44.0 Å². The van der Waals surface area contributed by atoms with Crippen molar-refractivity contribution in [3.63, 3.8) is 0 Å². The van der Waals surface area contributed by atoms with Crippen molar-refractivity contribution >= 4 is 32.6 Å². The summed E-state index contributed by atoms with van der Waals surface area (Å²) in [6, 6.07) is 3.83. The third-order valence-electron chi connectivity index (χ3n) is 3.34. The summed E-state index contributed by atoms with van der Waals surface area (Å²) < 4.78 is 29.7. The quantitative estimate of drug-likeness (QED) is 0.817. The molecular weight excluding hydrogens is 320 g/mol. The molecule has 8 heteroatoms. The average Bonchev–Trinajstić information content (AvgIpc) is 2.38. The Balaban J connectivity index is 2.35. The number of nitrogens with one attached hydrogen (secondary N) is 2. The van der Waals surface area contributed by atoms with Crippen LogP contribution in [0.4, 0.5) is 5.69 Å². The highest BCUT2D eigenvalue weighted by molar-refractivity contribution is 7.88. The van der Waals surface area contributed by atoms with Gasteiger partial charge in [0.15, 0.2) is 0 Å². The van der Waals surface area contributed by atoms with E-state index in [0.29, 0.717) is 22.2 Å². The highest BCUT2D eigenvalue weighted by atomic mass is 32.2. The maximum absolute atomic E-state index is 12.1. The van der Waals surface area contributed by atoms with Crippen LogP contribution in [0.1, 0.15) is 18.1 Å². The Morgan fingerprint density at radius 2 is 1.83 bits per heavy atom. The molecule has 0 bridgehead atoms. The number of hydrogen-bond donors (Lipinski definition) is 2. The van der Waals surface area contributed by atoms with Crippen molar-refractivity contribution in [2.75, 3.05) is 11.6 Å². The fraction of sp³-hybridized carbons (Fsp3) is 0.333. The van der Waals surface area contributed by atoms with Crippen LogP contribution in [0.3, 0.4) is 0 Å². The molecule has 23 heavy (non-hydrogen) atoms. The van der Waals surface area contributed by atoms with Crippen molar-refractivity contribution in [1.82, 2.24) is 4.72 Å². The predicted octanol–water partition coefficient (Wildman–Crippen LogP) is 1.29. The van der Waals surface area contributed by atoms with E-state index in [2.05, 4.69) is 10.0 Å². The predicted molar refractivity (Wildman–Crippen MR) is 88.0 cm³/mol. The molecule has 0 spiro atoms. The summed E-state index contributed by atoms with van der Waals surface area (Å²) >= 11 is 0. The van der Waals surface area contributed by atoms with E-state index in [1.54, 1.807) is 26.0 Å². The zero-order valence-corrected chi connectivity index (χ0v) is 14.1. The number of rotatable bonds is 4. The Hall–Kier alpha value is -2.19. The lowest BCUT2D eigenvalue weighted by Gasteiger charge is -2.15. The van der Waals surface area contributed by atoms with Gasteiger partial charge in [0, 0.05) is 17.1 Å². The van der Waals surface area contributed by atoms with Gasteiger partial charge in [-0.25, -0.2) is 17.9 Å². The third kappa shape index (κ3) is 4.17. The lowest BCUT2D eigenvalue weighted by molar-refractivity contribution is -0.117. The first kappa shape index (κ1) is 17.2. The Morgan fingerprint density at radius 3 is 2.43 bits per heavy atom. The second-order valence-electron chi connectivity index (χ2n) is 5.51. The maximum atomic E-state index is 12.1. The summed E-state index contributed by atoms with van der Waals surface area (Å²) in [6.07, 6.45) is 0.990. The van der Waals surface area contributed by atoms with Gasteiger partial charge in [0.2, 0.25) is 15.9 Å². The zero-order valence-electron chi connectivity index (χ0n) is 13.3. The van der Waals surface area contributed by atoms with Crippen LogP contribution in [0.25, 0.3) is 11.0 Å². The molecule has 1 aromatic carbocycles. The minimum absolute atomic E-state index is 0.433. The van der Waals surface area contributed by atoms with Crippen molar-refractivity contribution in [2.24, 2.45) is 0 Å². The number of hydrogen-bond acceptors (Lipinski definition) is 5. The molecular formula is C15H18N2O5S. The summed E-state index contributed by atoms with van der Waals surface area (Å²) in [4.78, 5) is 23.5. The fourth-order valence-electron chi connectivity index (χ4n) is 2.22. The summed E-state index contributed by atoms with van der Waals surface area (Å²) in [5.41, 5.74) is 1.96. The number of sulfonamides is 1. The molecule has 1 aromatic heterocycles. The van der Waals surface area contributed by atoms with Crippen LogP contribution in [0, 0.1) is 13.8 Å². The zero-order chi connectivity index (χ0) is 17.4. The van der Waals surface area contributed by atoms with E-state index in [1.165, 1.54) is 13.0 Å². The standard InChI is InChI=1S/C15H18N2O5S/c1-8-6-14(18)22-13-5-9(2)12(7-11(8)13)16-15(19)10(3)17-23(4,20)21/h5-7,10,17H,1-4H3,(H,16,19)/t10-/m0/s1. The highest BCUT2D eigenvalue weighted by Crippen LogP contribution is 2.25. The maximum Gasteiger partial charge on any atom is 0.336 e. The SMILES string of the molecule is Cc1cc2oc(=O)cc(C)c2cc1NC(=O)[C@H](C)NS(C)(=O)=O. The largest absolute Gasteiger partial charge is 0.423 e. The molecule has 1 heterocycles. The van der Waals surface area contributed by atoms with Crippen LogP contribution in [-0.4, -0.2) is 26.6 Å². The van der Waals surface area contributed by atoms with E-state index < -0.39 is 27.6 Å². The van der Waals surface area contributed by atoms with Gasteiger partial charge < -0.3 is 9.73 Å². The van der Waals surface area contributed by atoms with Crippen molar-refractivity contribution in [3.8, 4) is 0 Å². The molecule has 1 atom stereocenters. The number of anilines is 1. The molecule has 0 aliphatic heterocycles. The normalized spacial score (nSPS) is 13.0. The molecule has 0 aliphatic rings. The second kappa shape index (κ2) is 6.13. The topological polar surface area (TPSA) is 105 Å². The third-order valence-corrected chi connectivity index (χ3v) is 4.12. The van der Waals surface area contributed by atoms with Gasteiger partial charge in [-0.1, -0.05) is 0 Å². The summed E-state index contributed by atoms with van der Waals surface area (Å²) in [6.45, 7) is 4.98. The summed E-state index contributed by atoms with van der Waals surface area (Å²) in [7, 11) is -3.48. The van der Waals surface area contributed by atoms with E-state index in [1.807, 2.05) is 0 Å². The number of fused-ring (bicyclic) bond motifs is 1. The first-order valence-electron chi connectivity index (χ1n) is 6.90. The fourth-order valence-corrected chi connectivity index (χ4v) is 2.97. The highest BCUT2D eigenvalue weighted by Gasteiger charge is 2.18. The van der Waals surface area contributed by atoms with Crippen LogP contribution >= 0.6 is 0 Å². The second-order valence-corrected chi connectivity index (χ2v) is 7.29. The Labute approximate surface area is 133 Å². The molecule has 2 aromatic rings. The van der Waals surface area contributed by atoms with Crippen molar-refractivity contribution in [3.05, 3.63) is 39.7 Å². The number of carbonyl (C=O) groups is 1. The van der Waals surface area contributed by atoms with Gasteiger partial charge >= 0.3 is 5.63 Å². The lowest BCUT2D eigenvalue weighted by atomic mass is 10.1. The Kier molecular flexibility index (Phi) is 4.58. The summed E-state index contributed by atoms with van der Waals surface area (Å²) in [5, 5.41) is 3.38.